The number of aliphatic hydroxyl groups excluding tert-OH is 1. The predicted molar refractivity (Wildman–Crippen MR) is 99.6 cm³/mol. The van der Waals surface area contributed by atoms with E-state index in [9.17, 15) is 20.0 Å². The zero-order valence-electron chi connectivity index (χ0n) is 15.3. The van der Waals surface area contributed by atoms with Crippen molar-refractivity contribution in [1.29, 1.82) is 0 Å². The Kier molecular flexibility index (Phi) is 5.41. The molecule has 0 saturated carbocycles. The second kappa shape index (κ2) is 7.75. The van der Waals surface area contributed by atoms with E-state index < -0.39 is 11.0 Å². The predicted octanol–water partition coefficient (Wildman–Crippen LogP) is 1.64. The van der Waals surface area contributed by atoms with Gasteiger partial charge >= 0.3 is 0 Å². The van der Waals surface area contributed by atoms with Gasteiger partial charge in [0.1, 0.15) is 11.9 Å². The first-order chi connectivity index (χ1) is 12.9. The van der Waals surface area contributed by atoms with E-state index in [0.29, 0.717) is 24.6 Å². The highest BCUT2D eigenvalue weighted by Gasteiger charge is 2.30. The molecule has 0 bridgehead atoms. The molecule has 0 aliphatic carbocycles. The Morgan fingerprint density at radius 1 is 1.41 bits per heavy atom. The van der Waals surface area contributed by atoms with Crippen molar-refractivity contribution in [2.24, 2.45) is 13.0 Å². The molecule has 1 saturated heterocycles. The summed E-state index contributed by atoms with van der Waals surface area (Å²) in [6.45, 7) is 1.29. The molecule has 144 valence electrons. The van der Waals surface area contributed by atoms with Crippen LogP contribution in [-0.2, 0) is 7.05 Å². The first-order valence-electron chi connectivity index (χ1n) is 8.83. The second-order valence-electron chi connectivity index (χ2n) is 6.70. The number of hydrogen-bond donors (Lipinski definition) is 2. The minimum atomic E-state index is -0.637. The Morgan fingerprint density at radius 2 is 2.11 bits per heavy atom. The lowest BCUT2D eigenvalue weighted by Gasteiger charge is -2.36. The summed E-state index contributed by atoms with van der Waals surface area (Å²) < 4.78 is 1.82. The van der Waals surface area contributed by atoms with E-state index in [0.717, 1.165) is 12.8 Å². The molecule has 2 aromatic rings. The van der Waals surface area contributed by atoms with E-state index in [1.165, 1.54) is 19.2 Å². The number of nitro benzene ring substituents is 1. The molecule has 0 spiro atoms. The molecule has 1 fully saturated rings. The molecule has 2 N–H and O–H groups in total. The molecule has 1 atom stereocenters. The molecule has 1 aromatic heterocycles. The SMILES string of the molecule is CNC(=O)c1cc([N+](=O)[O-])ccc1N1CCC(C(O)c2nccn2C)CC1. The van der Waals surface area contributed by atoms with Crippen LogP contribution in [-0.4, -0.2) is 45.6 Å². The standard InChI is InChI=1S/C18H23N5O4/c1-19-18(25)14-11-13(23(26)27)3-4-15(14)22-8-5-12(6-9-22)16(24)17-20-7-10-21(17)2/h3-4,7,10-12,16,24H,5-6,8-9H2,1-2H3,(H,19,25). The summed E-state index contributed by atoms with van der Waals surface area (Å²) in [5, 5.41) is 24.2. The van der Waals surface area contributed by atoms with E-state index in [2.05, 4.69) is 10.3 Å². The van der Waals surface area contributed by atoms with Crippen LogP contribution in [0.4, 0.5) is 11.4 Å². The molecule has 3 rings (SSSR count). The molecule has 1 unspecified atom stereocenters. The number of piperidine rings is 1. The number of aromatic nitrogens is 2. The van der Waals surface area contributed by atoms with Crippen LogP contribution in [0.5, 0.6) is 0 Å². The van der Waals surface area contributed by atoms with Crippen LogP contribution >= 0.6 is 0 Å². The Bertz CT molecular complexity index is 842. The van der Waals surface area contributed by atoms with Crippen molar-refractivity contribution in [2.75, 3.05) is 25.0 Å². The number of non-ortho nitro benzene ring substituents is 1. The quantitative estimate of drug-likeness (QED) is 0.608. The Morgan fingerprint density at radius 3 is 2.67 bits per heavy atom. The average Bonchev–Trinajstić information content (AvgIpc) is 3.12. The van der Waals surface area contributed by atoms with Crippen LogP contribution in [0.2, 0.25) is 0 Å². The highest BCUT2D eigenvalue weighted by atomic mass is 16.6. The van der Waals surface area contributed by atoms with Gasteiger partial charge in [-0.1, -0.05) is 0 Å². The number of benzene rings is 1. The molecule has 27 heavy (non-hydrogen) atoms. The van der Waals surface area contributed by atoms with Gasteiger partial charge in [-0.05, 0) is 24.8 Å². The summed E-state index contributed by atoms with van der Waals surface area (Å²) in [6, 6.07) is 4.35. The third-order valence-electron chi connectivity index (χ3n) is 5.11. The Hall–Kier alpha value is -2.94. The fourth-order valence-corrected chi connectivity index (χ4v) is 3.56. The number of aryl methyl sites for hydroxylation is 1. The minimum Gasteiger partial charge on any atom is -0.385 e. The molecule has 1 aliphatic heterocycles. The lowest BCUT2D eigenvalue weighted by molar-refractivity contribution is -0.384. The molecule has 1 aliphatic rings. The zero-order valence-corrected chi connectivity index (χ0v) is 15.3. The van der Waals surface area contributed by atoms with Gasteiger partial charge in [0, 0.05) is 51.7 Å². The Labute approximate surface area is 156 Å². The molecule has 1 amide bonds. The number of anilines is 1. The number of rotatable bonds is 5. The van der Waals surface area contributed by atoms with Crippen molar-refractivity contribution in [3.8, 4) is 0 Å². The van der Waals surface area contributed by atoms with Gasteiger partial charge in [0.2, 0.25) is 0 Å². The summed E-state index contributed by atoms with van der Waals surface area (Å²) in [5.41, 5.74) is 0.845. The maximum atomic E-state index is 12.2. The first-order valence-corrected chi connectivity index (χ1v) is 8.83. The average molecular weight is 373 g/mol. The van der Waals surface area contributed by atoms with Crippen LogP contribution in [0.25, 0.3) is 0 Å². The van der Waals surface area contributed by atoms with Crippen LogP contribution in [0.1, 0.15) is 35.1 Å². The third kappa shape index (κ3) is 3.77. The van der Waals surface area contributed by atoms with Gasteiger partial charge in [0.15, 0.2) is 0 Å². The van der Waals surface area contributed by atoms with Gasteiger partial charge in [-0.3, -0.25) is 14.9 Å². The van der Waals surface area contributed by atoms with E-state index in [1.54, 1.807) is 18.5 Å². The van der Waals surface area contributed by atoms with E-state index in [-0.39, 0.29) is 23.1 Å². The number of amides is 1. The number of nitro groups is 1. The lowest BCUT2D eigenvalue weighted by Crippen LogP contribution is -2.37. The smallest absolute Gasteiger partial charge is 0.270 e. The van der Waals surface area contributed by atoms with E-state index >= 15 is 0 Å². The van der Waals surface area contributed by atoms with Crippen LogP contribution in [0, 0.1) is 16.0 Å². The van der Waals surface area contributed by atoms with Crippen LogP contribution in [0.15, 0.2) is 30.6 Å². The summed E-state index contributed by atoms with van der Waals surface area (Å²) in [6.07, 6.45) is 4.30. The molecular weight excluding hydrogens is 350 g/mol. The molecule has 2 heterocycles. The summed E-state index contributed by atoms with van der Waals surface area (Å²) >= 11 is 0. The number of carbonyl (C=O) groups is 1. The number of nitrogens with zero attached hydrogens (tertiary/aromatic N) is 4. The van der Waals surface area contributed by atoms with Crippen molar-refractivity contribution in [3.05, 3.63) is 52.1 Å². The normalized spacial score (nSPS) is 16.2. The largest absolute Gasteiger partial charge is 0.385 e. The van der Waals surface area contributed by atoms with Crippen molar-refractivity contribution in [1.82, 2.24) is 14.9 Å². The molecule has 9 heteroatoms. The highest BCUT2D eigenvalue weighted by molar-refractivity contribution is 6.00. The maximum Gasteiger partial charge on any atom is 0.270 e. The maximum absolute atomic E-state index is 12.2. The Balaban J connectivity index is 1.76. The van der Waals surface area contributed by atoms with Gasteiger partial charge in [0.25, 0.3) is 11.6 Å². The van der Waals surface area contributed by atoms with E-state index in [1.807, 2.05) is 16.5 Å². The summed E-state index contributed by atoms with van der Waals surface area (Å²) in [4.78, 5) is 29.0. The second-order valence-corrected chi connectivity index (χ2v) is 6.70. The van der Waals surface area contributed by atoms with Gasteiger partial charge < -0.3 is 19.9 Å². The van der Waals surface area contributed by atoms with Gasteiger partial charge in [0.05, 0.1) is 16.2 Å². The fraction of sp³-hybridized carbons (Fsp3) is 0.444. The van der Waals surface area contributed by atoms with Crippen molar-refractivity contribution >= 4 is 17.3 Å². The van der Waals surface area contributed by atoms with Crippen molar-refractivity contribution < 1.29 is 14.8 Å². The van der Waals surface area contributed by atoms with Gasteiger partial charge in [-0.2, -0.15) is 0 Å². The number of imidazole rings is 1. The topological polar surface area (TPSA) is 114 Å². The lowest BCUT2D eigenvalue weighted by atomic mass is 9.90. The third-order valence-corrected chi connectivity index (χ3v) is 5.11. The molecular formula is C18H23N5O4. The van der Waals surface area contributed by atoms with E-state index in [4.69, 9.17) is 0 Å². The monoisotopic (exact) mass is 373 g/mol. The first kappa shape index (κ1) is 18.8. The number of carbonyl (C=O) groups excluding carboxylic acids is 1. The van der Waals surface area contributed by atoms with Gasteiger partial charge in [-0.15, -0.1) is 0 Å². The van der Waals surface area contributed by atoms with Crippen molar-refractivity contribution in [3.63, 3.8) is 0 Å². The number of nitrogens with one attached hydrogen (secondary N) is 1. The number of hydrogen-bond acceptors (Lipinski definition) is 6. The minimum absolute atomic E-state index is 0.0730. The van der Waals surface area contributed by atoms with Crippen LogP contribution < -0.4 is 10.2 Å². The summed E-state index contributed by atoms with van der Waals surface area (Å²) in [5.74, 6) is 0.363. The summed E-state index contributed by atoms with van der Waals surface area (Å²) in [7, 11) is 3.35. The molecule has 1 aromatic carbocycles. The zero-order chi connectivity index (χ0) is 19.6. The highest BCUT2D eigenvalue weighted by Crippen LogP contribution is 2.33. The molecule has 0 radical (unpaired) electrons. The van der Waals surface area contributed by atoms with Gasteiger partial charge in [-0.25, -0.2) is 4.98 Å². The van der Waals surface area contributed by atoms with Crippen molar-refractivity contribution in [2.45, 2.75) is 18.9 Å². The number of aliphatic hydroxyl groups is 1. The molecule has 9 nitrogen and oxygen atoms in total. The fourth-order valence-electron chi connectivity index (χ4n) is 3.56. The van der Waals surface area contributed by atoms with Crippen LogP contribution in [0.3, 0.4) is 0 Å².